The smallest absolute Gasteiger partial charge is 0.359 e. The number of anilines is 1. The molecule has 1 aliphatic heterocycles. The summed E-state index contributed by atoms with van der Waals surface area (Å²) < 4.78 is 6.05. The molecule has 1 saturated heterocycles. The highest BCUT2D eigenvalue weighted by Gasteiger charge is 2.24. The van der Waals surface area contributed by atoms with Crippen LogP contribution in [0.2, 0.25) is 0 Å². The summed E-state index contributed by atoms with van der Waals surface area (Å²) in [4.78, 5) is 51.8. The number of esters is 1. The number of aromatic nitrogens is 2. The van der Waals surface area contributed by atoms with Crippen molar-refractivity contribution in [2.75, 3.05) is 44.6 Å². The third-order valence-electron chi connectivity index (χ3n) is 5.33. The van der Waals surface area contributed by atoms with E-state index in [0.29, 0.717) is 26.2 Å². The molecule has 32 heavy (non-hydrogen) atoms. The van der Waals surface area contributed by atoms with Gasteiger partial charge in [-0.15, -0.1) is 0 Å². The van der Waals surface area contributed by atoms with E-state index in [1.54, 1.807) is 4.90 Å². The van der Waals surface area contributed by atoms with Crippen LogP contribution in [0.5, 0.6) is 0 Å². The lowest BCUT2D eigenvalue weighted by atomic mass is 10.1. The Labute approximate surface area is 185 Å². The van der Waals surface area contributed by atoms with Crippen molar-refractivity contribution in [3.8, 4) is 0 Å². The quantitative estimate of drug-likeness (QED) is 0.643. The summed E-state index contributed by atoms with van der Waals surface area (Å²) >= 11 is 0. The Morgan fingerprint density at radius 2 is 1.69 bits per heavy atom. The number of hydrogen-bond acceptors (Lipinski definition) is 7. The number of rotatable bonds is 6. The van der Waals surface area contributed by atoms with Crippen molar-refractivity contribution in [3.05, 3.63) is 57.5 Å². The number of amides is 2. The second kappa shape index (κ2) is 10.2. The maximum Gasteiger partial charge on any atom is 0.359 e. The fourth-order valence-corrected chi connectivity index (χ4v) is 3.45. The summed E-state index contributed by atoms with van der Waals surface area (Å²) in [6.45, 7) is 5.70. The molecule has 1 fully saturated rings. The molecule has 2 heterocycles. The fourth-order valence-electron chi connectivity index (χ4n) is 3.45. The molecule has 10 heteroatoms. The molecule has 10 nitrogen and oxygen atoms in total. The minimum Gasteiger partial charge on any atom is -0.451 e. The van der Waals surface area contributed by atoms with E-state index in [2.05, 4.69) is 10.4 Å². The number of carbonyl (C=O) groups is 3. The molecule has 3 rings (SSSR count). The molecule has 0 saturated carbocycles. The zero-order chi connectivity index (χ0) is 23.3. The van der Waals surface area contributed by atoms with Gasteiger partial charge in [-0.25, -0.2) is 9.48 Å². The maximum atomic E-state index is 12.4. The van der Waals surface area contributed by atoms with E-state index in [4.69, 9.17) is 4.74 Å². The highest BCUT2D eigenvalue weighted by Crippen LogP contribution is 2.19. The summed E-state index contributed by atoms with van der Waals surface area (Å²) in [5.74, 6) is -1.18. The van der Waals surface area contributed by atoms with Crippen molar-refractivity contribution < 1.29 is 19.1 Å². The van der Waals surface area contributed by atoms with Crippen LogP contribution in [0.25, 0.3) is 0 Å². The molecule has 0 bridgehead atoms. The predicted octanol–water partition coefficient (Wildman–Crippen LogP) is 0.337. The molecule has 0 unspecified atom stereocenters. The van der Waals surface area contributed by atoms with Crippen LogP contribution in [-0.4, -0.2) is 76.7 Å². The van der Waals surface area contributed by atoms with Gasteiger partial charge in [-0.05, 0) is 31.0 Å². The van der Waals surface area contributed by atoms with E-state index in [1.165, 1.54) is 19.2 Å². The number of nitrogens with one attached hydrogen (secondary N) is 1. The average Bonchev–Trinajstić information content (AvgIpc) is 2.77. The molecule has 1 aliphatic rings. The van der Waals surface area contributed by atoms with Crippen LogP contribution in [0.15, 0.2) is 35.1 Å². The normalized spacial score (nSPS) is 14.2. The fraction of sp³-hybridized carbons (Fsp3) is 0.409. The third kappa shape index (κ3) is 5.79. The molecular weight excluding hydrogens is 414 g/mol. The summed E-state index contributed by atoms with van der Waals surface area (Å²) in [6, 6.07) is 8.33. The molecule has 2 amide bonds. The van der Waals surface area contributed by atoms with Crippen molar-refractivity contribution >= 4 is 23.5 Å². The van der Waals surface area contributed by atoms with Gasteiger partial charge in [-0.2, -0.15) is 5.10 Å². The summed E-state index contributed by atoms with van der Waals surface area (Å²) in [7, 11) is 1.42. The first-order valence-electron chi connectivity index (χ1n) is 10.3. The average molecular weight is 441 g/mol. The van der Waals surface area contributed by atoms with Gasteiger partial charge in [0.2, 0.25) is 5.91 Å². The second-order valence-corrected chi connectivity index (χ2v) is 7.73. The lowest BCUT2D eigenvalue weighted by Crippen LogP contribution is -2.51. The van der Waals surface area contributed by atoms with Gasteiger partial charge in [-0.1, -0.05) is 18.2 Å². The Hall–Kier alpha value is -3.53. The first-order valence-corrected chi connectivity index (χ1v) is 10.3. The Balaban J connectivity index is 1.43. The maximum absolute atomic E-state index is 12.4. The number of para-hydroxylation sites is 1. The van der Waals surface area contributed by atoms with Crippen molar-refractivity contribution in [1.29, 1.82) is 0 Å². The predicted molar refractivity (Wildman–Crippen MR) is 117 cm³/mol. The highest BCUT2D eigenvalue weighted by molar-refractivity contribution is 5.93. The van der Waals surface area contributed by atoms with Crippen LogP contribution < -0.4 is 10.9 Å². The van der Waals surface area contributed by atoms with Gasteiger partial charge >= 0.3 is 5.97 Å². The number of piperazine rings is 1. The minimum absolute atomic E-state index is 0.0420. The standard InChI is InChI=1S/C22H27N5O5/c1-15-5-4-6-16(2)21(15)23-18(28)13-26-9-11-27(12-10-26)20(30)14-32-22(31)17-7-8-19(29)25(3)24-17/h4-8H,9-14H2,1-3H3,(H,23,28). The molecule has 0 spiro atoms. The Kier molecular flexibility index (Phi) is 7.37. The Morgan fingerprint density at radius 1 is 1.03 bits per heavy atom. The van der Waals surface area contributed by atoms with E-state index < -0.39 is 12.6 Å². The minimum atomic E-state index is -0.768. The van der Waals surface area contributed by atoms with Gasteiger partial charge in [0.15, 0.2) is 12.3 Å². The highest BCUT2D eigenvalue weighted by atomic mass is 16.5. The van der Waals surface area contributed by atoms with Gasteiger partial charge in [0.25, 0.3) is 11.5 Å². The monoisotopic (exact) mass is 441 g/mol. The largest absolute Gasteiger partial charge is 0.451 e. The molecule has 0 radical (unpaired) electrons. The van der Waals surface area contributed by atoms with E-state index in [1.807, 2.05) is 36.9 Å². The molecule has 0 atom stereocenters. The first kappa shape index (κ1) is 23.1. The van der Waals surface area contributed by atoms with Crippen LogP contribution in [0, 0.1) is 13.8 Å². The number of ether oxygens (including phenoxy) is 1. The topological polar surface area (TPSA) is 114 Å². The number of hydrogen-bond donors (Lipinski definition) is 1. The van der Waals surface area contributed by atoms with E-state index >= 15 is 0 Å². The number of nitrogens with zero attached hydrogens (tertiary/aromatic N) is 4. The first-order chi connectivity index (χ1) is 15.2. The van der Waals surface area contributed by atoms with Gasteiger partial charge < -0.3 is 15.0 Å². The van der Waals surface area contributed by atoms with Gasteiger partial charge in [0.05, 0.1) is 6.54 Å². The lowest BCUT2D eigenvalue weighted by molar-refractivity contribution is -0.136. The van der Waals surface area contributed by atoms with Crippen LogP contribution in [0.4, 0.5) is 5.69 Å². The van der Waals surface area contributed by atoms with Crippen LogP contribution in [0.3, 0.4) is 0 Å². The zero-order valence-electron chi connectivity index (χ0n) is 18.5. The van der Waals surface area contributed by atoms with E-state index in [-0.39, 0.29) is 29.6 Å². The summed E-state index contributed by atoms with van der Waals surface area (Å²) in [5.41, 5.74) is 2.46. The molecular formula is C22H27N5O5. The van der Waals surface area contributed by atoms with Crippen LogP contribution in [-0.2, 0) is 21.4 Å². The molecule has 0 aliphatic carbocycles. The van der Waals surface area contributed by atoms with Crippen LogP contribution >= 0.6 is 0 Å². The second-order valence-electron chi connectivity index (χ2n) is 7.73. The Bertz CT molecular complexity index is 1050. The van der Waals surface area contributed by atoms with E-state index in [9.17, 15) is 19.2 Å². The molecule has 1 aromatic heterocycles. The van der Waals surface area contributed by atoms with Gasteiger partial charge in [0, 0.05) is 45.0 Å². The van der Waals surface area contributed by atoms with Gasteiger partial charge in [-0.3, -0.25) is 19.3 Å². The summed E-state index contributed by atoms with van der Waals surface area (Å²) in [6.07, 6.45) is 0. The molecule has 1 aromatic carbocycles. The van der Waals surface area contributed by atoms with Crippen molar-refractivity contribution in [2.45, 2.75) is 13.8 Å². The number of carbonyl (C=O) groups excluding carboxylic acids is 3. The van der Waals surface area contributed by atoms with Crippen molar-refractivity contribution in [2.24, 2.45) is 7.05 Å². The van der Waals surface area contributed by atoms with E-state index in [0.717, 1.165) is 21.5 Å². The summed E-state index contributed by atoms with van der Waals surface area (Å²) in [5, 5.41) is 6.77. The van der Waals surface area contributed by atoms with Gasteiger partial charge in [0.1, 0.15) is 0 Å². The molecule has 170 valence electrons. The SMILES string of the molecule is Cc1cccc(C)c1NC(=O)CN1CCN(C(=O)COC(=O)c2ccc(=O)n(C)n2)CC1. The van der Waals surface area contributed by atoms with Crippen molar-refractivity contribution in [3.63, 3.8) is 0 Å². The number of benzene rings is 1. The van der Waals surface area contributed by atoms with Crippen LogP contribution in [0.1, 0.15) is 21.6 Å². The zero-order valence-corrected chi connectivity index (χ0v) is 18.5. The number of aryl methyl sites for hydroxylation is 3. The Morgan fingerprint density at radius 3 is 2.31 bits per heavy atom. The molecule has 2 aromatic rings. The lowest BCUT2D eigenvalue weighted by Gasteiger charge is -2.34. The third-order valence-corrected chi connectivity index (χ3v) is 5.33. The molecule has 1 N–H and O–H groups in total. The van der Waals surface area contributed by atoms with Crippen molar-refractivity contribution in [1.82, 2.24) is 19.6 Å².